The molecule has 1 fully saturated rings. The van der Waals surface area contributed by atoms with Crippen LogP contribution in [0.25, 0.3) is 0 Å². The Kier molecular flexibility index (Phi) is 2.60. The summed E-state index contributed by atoms with van der Waals surface area (Å²) in [6.45, 7) is 5.44. The van der Waals surface area contributed by atoms with Crippen molar-refractivity contribution in [3.8, 4) is 6.07 Å². The Morgan fingerprint density at radius 1 is 1.54 bits per heavy atom. The van der Waals surface area contributed by atoms with E-state index in [1.54, 1.807) is 0 Å². The summed E-state index contributed by atoms with van der Waals surface area (Å²) < 4.78 is 5.13. The molecule has 0 N–H and O–H groups in total. The van der Waals surface area contributed by atoms with Crippen molar-refractivity contribution < 1.29 is 9.53 Å². The Balaban J connectivity index is 2.51. The largest absolute Gasteiger partial charge is 0.459 e. The lowest BCUT2D eigenvalue weighted by Gasteiger charge is -2.21. The Morgan fingerprint density at radius 3 is 2.38 bits per heavy atom. The first-order valence-electron chi connectivity index (χ1n) is 4.56. The third-order valence-electron chi connectivity index (χ3n) is 1.89. The van der Waals surface area contributed by atoms with Gasteiger partial charge in [-0.15, -0.1) is 0 Å². The van der Waals surface area contributed by atoms with E-state index in [0.29, 0.717) is 0 Å². The van der Waals surface area contributed by atoms with Gasteiger partial charge in [0.15, 0.2) is 0 Å². The first-order chi connectivity index (χ1) is 5.94. The SMILES string of the molecule is CC(C)(C)OC(=O)C(C#N)C1CC1. The molecule has 0 aromatic rings. The maximum absolute atomic E-state index is 11.4. The fourth-order valence-corrected chi connectivity index (χ4v) is 1.15. The molecule has 72 valence electrons. The Hall–Kier alpha value is -1.04. The minimum Gasteiger partial charge on any atom is -0.459 e. The van der Waals surface area contributed by atoms with E-state index < -0.39 is 11.5 Å². The van der Waals surface area contributed by atoms with Crippen molar-refractivity contribution in [3.05, 3.63) is 0 Å². The second-order valence-electron chi connectivity index (χ2n) is 4.48. The molecule has 1 unspecified atom stereocenters. The van der Waals surface area contributed by atoms with Gasteiger partial charge in [-0.1, -0.05) is 0 Å². The van der Waals surface area contributed by atoms with Gasteiger partial charge < -0.3 is 4.74 Å². The number of hydrogen-bond acceptors (Lipinski definition) is 3. The van der Waals surface area contributed by atoms with Crippen molar-refractivity contribution in [2.24, 2.45) is 11.8 Å². The zero-order chi connectivity index (χ0) is 10.1. The number of nitriles is 1. The third kappa shape index (κ3) is 3.06. The monoisotopic (exact) mass is 181 g/mol. The van der Waals surface area contributed by atoms with Crippen LogP contribution in [0.4, 0.5) is 0 Å². The second kappa shape index (κ2) is 3.37. The summed E-state index contributed by atoms with van der Waals surface area (Å²) in [5, 5.41) is 8.75. The lowest BCUT2D eigenvalue weighted by Crippen LogP contribution is -2.29. The fourth-order valence-electron chi connectivity index (χ4n) is 1.15. The summed E-state index contributed by atoms with van der Waals surface area (Å²) in [5.41, 5.74) is -0.485. The van der Waals surface area contributed by atoms with Crippen LogP contribution in [0.15, 0.2) is 0 Å². The second-order valence-corrected chi connectivity index (χ2v) is 4.48. The van der Waals surface area contributed by atoms with Crippen LogP contribution >= 0.6 is 0 Å². The van der Waals surface area contributed by atoms with Gasteiger partial charge in [0.1, 0.15) is 11.5 Å². The van der Waals surface area contributed by atoms with E-state index in [4.69, 9.17) is 10.00 Å². The smallest absolute Gasteiger partial charge is 0.324 e. The van der Waals surface area contributed by atoms with Gasteiger partial charge in [-0.3, -0.25) is 4.79 Å². The molecular weight excluding hydrogens is 166 g/mol. The predicted octanol–water partition coefficient (Wildman–Crippen LogP) is 1.88. The average molecular weight is 181 g/mol. The molecule has 1 atom stereocenters. The molecule has 0 aromatic heterocycles. The molecule has 0 aliphatic heterocycles. The van der Waals surface area contributed by atoms with Crippen molar-refractivity contribution >= 4 is 5.97 Å². The van der Waals surface area contributed by atoms with Gasteiger partial charge in [-0.05, 0) is 39.5 Å². The van der Waals surface area contributed by atoms with E-state index >= 15 is 0 Å². The van der Waals surface area contributed by atoms with Crippen LogP contribution in [0.1, 0.15) is 33.6 Å². The van der Waals surface area contributed by atoms with Gasteiger partial charge in [0.05, 0.1) is 6.07 Å². The van der Waals surface area contributed by atoms with Crippen LogP contribution in [-0.4, -0.2) is 11.6 Å². The highest BCUT2D eigenvalue weighted by Gasteiger charge is 2.38. The minimum absolute atomic E-state index is 0.250. The summed E-state index contributed by atoms with van der Waals surface area (Å²) >= 11 is 0. The maximum atomic E-state index is 11.4. The van der Waals surface area contributed by atoms with Gasteiger partial charge >= 0.3 is 5.97 Å². The van der Waals surface area contributed by atoms with E-state index in [2.05, 4.69) is 0 Å². The summed E-state index contributed by atoms with van der Waals surface area (Å²) in [6, 6.07) is 2.01. The maximum Gasteiger partial charge on any atom is 0.324 e. The number of esters is 1. The lowest BCUT2D eigenvalue weighted by atomic mass is 10.1. The Bertz CT molecular complexity index is 243. The molecule has 0 saturated heterocycles. The zero-order valence-corrected chi connectivity index (χ0v) is 8.33. The summed E-state index contributed by atoms with van der Waals surface area (Å²) in [6.07, 6.45) is 1.97. The summed E-state index contributed by atoms with van der Waals surface area (Å²) in [5.74, 6) is -0.656. The van der Waals surface area contributed by atoms with E-state index in [0.717, 1.165) is 12.8 Å². The molecule has 0 amide bonds. The highest BCUT2D eigenvalue weighted by Crippen LogP contribution is 2.37. The molecule has 0 aromatic carbocycles. The van der Waals surface area contributed by atoms with Crippen molar-refractivity contribution in [3.63, 3.8) is 0 Å². The number of nitrogens with zero attached hydrogens (tertiary/aromatic N) is 1. The molecule has 0 bridgehead atoms. The Labute approximate surface area is 78.7 Å². The van der Waals surface area contributed by atoms with E-state index in [-0.39, 0.29) is 11.9 Å². The predicted molar refractivity (Wildman–Crippen MR) is 47.7 cm³/mol. The van der Waals surface area contributed by atoms with Crippen LogP contribution < -0.4 is 0 Å². The van der Waals surface area contributed by atoms with E-state index in [1.807, 2.05) is 26.8 Å². The van der Waals surface area contributed by atoms with Gasteiger partial charge in [0.2, 0.25) is 0 Å². The van der Waals surface area contributed by atoms with Crippen molar-refractivity contribution in [2.75, 3.05) is 0 Å². The topological polar surface area (TPSA) is 50.1 Å². The quantitative estimate of drug-likeness (QED) is 0.611. The molecule has 13 heavy (non-hydrogen) atoms. The first kappa shape index (κ1) is 10.0. The highest BCUT2D eigenvalue weighted by molar-refractivity contribution is 5.76. The highest BCUT2D eigenvalue weighted by atomic mass is 16.6. The molecule has 3 heteroatoms. The minimum atomic E-state index is -0.542. The van der Waals surface area contributed by atoms with Crippen molar-refractivity contribution in [1.29, 1.82) is 5.26 Å². The van der Waals surface area contributed by atoms with Crippen LogP contribution in [0.3, 0.4) is 0 Å². The lowest BCUT2D eigenvalue weighted by molar-refractivity contribution is -0.158. The molecule has 1 aliphatic carbocycles. The van der Waals surface area contributed by atoms with Crippen LogP contribution in [0, 0.1) is 23.2 Å². The van der Waals surface area contributed by atoms with Crippen LogP contribution in [0.2, 0.25) is 0 Å². The molecule has 1 saturated carbocycles. The molecule has 3 nitrogen and oxygen atoms in total. The van der Waals surface area contributed by atoms with Gasteiger partial charge in [-0.2, -0.15) is 5.26 Å². The molecular formula is C10H15NO2. The molecule has 1 aliphatic rings. The number of carbonyl (C=O) groups excluding carboxylic acids is 1. The van der Waals surface area contributed by atoms with Crippen LogP contribution in [0.5, 0.6) is 0 Å². The normalized spacial score (nSPS) is 18.9. The zero-order valence-electron chi connectivity index (χ0n) is 8.33. The third-order valence-corrected chi connectivity index (χ3v) is 1.89. The molecule has 1 rings (SSSR count). The number of carbonyl (C=O) groups is 1. The number of hydrogen-bond donors (Lipinski definition) is 0. The molecule has 0 spiro atoms. The molecule has 0 heterocycles. The number of ether oxygens (including phenoxy) is 1. The first-order valence-corrected chi connectivity index (χ1v) is 4.56. The van der Waals surface area contributed by atoms with Gasteiger partial charge in [0, 0.05) is 0 Å². The van der Waals surface area contributed by atoms with E-state index in [1.165, 1.54) is 0 Å². The fraction of sp³-hybridized carbons (Fsp3) is 0.800. The van der Waals surface area contributed by atoms with Gasteiger partial charge in [0.25, 0.3) is 0 Å². The standard InChI is InChI=1S/C10H15NO2/c1-10(2,3)13-9(12)8(6-11)7-4-5-7/h7-8H,4-5H2,1-3H3. The van der Waals surface area contributed by atoms with E-state index in [9.17, 15) is 4.79 Å². The van der Waals surface area contributed by atoms with Crippen molar-refractivity contribution in [1.82, 2.24) is 0 Å². The summed E-state index contributed by atoms with van der Waals surface area (Å²) in [4.78, 5) is 11.4. The Morgan fingerprint density at radius 2 is 2.08 bits per heavy atom. The average Bonchev–Trinajstić information content (AvgIpc) is 2.68. The van der Waals surface area contributed by atoms with Crippen LogP contribution in [-0.2, 0) is 9.53 Å². The van der Waals surface area contributed by atoms with Gasteiger partial charge in [-0.25, -0.2) is 0 Å². The summed E-state index contributed by atoms with van der Waals surface area (Å²) in [7, 11) is 0. The van der Waals surface area contributed by atoms with Crippen molar-refractivity contribution in [2.45, 2.75) is 39.2 Å². The number of rotatable bonds is 2. The molecule has 0 radical (unpaired) electrons.